The molecule has 19 heavy (non-hydrogen) atoms. The molecule has 100 valence electrons. The van der Waals surface area contributed by atoms with Gasteiger partial charge in [-0.15, -0.1) is 0 Å². The summed E-state index contributed by atoms with van der Waals surface area (Å²) in [5, 5.41) is 10.7. The Kier molecular flexibility index (Phi) is 2.82. The molecular weight excluding hydrogens is 242 g/mol. The van der Waals surface area contributed by atoms with Gasteiger partial charge in [0, 0.05) is 23.0 Å². The maximum absolute atomic E-state index is 11.8. The number of benzene rings is 1. The van der Waals surface area contributed by atoms with E-state index in [2.05, 4.69) is 4.98 Å². The second kappa shape index (κ2) is 4.38. The maximum atomic E-state index is 11.8. The lowest BCUT2D eigenvalue weighted by Gasteiger charge is -2.34. The largest absolute Gasteiger partial charge is 0.481 e. The number of ether oxygens (including phenoxy) is 1. The summed E-state index contributed by atoms with van der Waals surface area (Å²) in [5.41, 5.74) is 0.978. The first kappa shape index (κ1) is 12.2. The highest BCUT2D eigenvalue weighted by molar-refractivity contribution is 5.91. The molecular formula is C15H17NO3. The molecule has 1 unspecified atom stereocenters. The van der Waals surface area contributed by atoms with Gasteiger partial charge in [-0.2, -0.15) is 0 Å². The summed E-state index contributed by atoms with van der Waals surface area (Å²) in [4.78, 5) is 14.9. The quantitative estimate of drug-likeness (QED) is 0.887. The average Bonchev–Trinajstić information content (AvgIpc) is 2.77. The fourth-order valence-electron chi connectivity index (χ4n) is 2.82. The molecule has 2 heterocycles. The first-order valence-electron chi connectivity index (χ1n) is 6.49. The monoisotopic (exact) mass is 259 g/mol. The highest BCUT2D eigenvalue weighted by Gasteiger charge is 2.41. The molecule has 0 radical (unpaired) electrons. The van der Waals surface area contributed by atoms with Gasteiger partial charge in [0.2, 0.25) is 0 Å². The van der Waals surface area contributed by atoms with Crippen LogP contribution in [0.15, 0.2) is 30.5 Å². The summed E-state index contributed by atoms with van der Waals surface area (Å²) in [6.07, 6.45) is 2.45. The van der Waals surface area contributed by atoms with Crippen molar-refractivity contribution in [3.8, 4) is 0 Å². The number of hydrogen-bond donors (Lipinski definition) is 2. The summed E-state index contributed by atoms with van der Waals surface area (Å²) < 4.78 is 5.16. The fourth-order valence-corrected chi connectivity index (χ4v) is 2.82. The third-order valence-corrected chi connectivity index (χ3v) is 4.06. The molecule has 1 aliphatic rings. The zero-order valence-electron chi connectivity index (χ0n) is 10.8. The zero-order valence-corrected chi connectivity index (χ0v) is 10.8. The Morgan fingerprint density at radius 3 is 2.84 bits per heavy atom. The van der Waals surface area contributed by atoms with Crippen LogP contribution in [0.5, 0.6) is 0 Å². The van der Waals surface area contributed by atoms with Crippen LogP contribution < -0.4 is 0 Å². The SMILES string of the molecule is CC(CC1COC1)(C(=O)O)c1c[nH]c2ccccc12. The van der Waals surface area contributed by atoms with Gasteiger partial charge in [0.05, 0.1) is 18.6 Å². The predicted molar refractivity (Wildman–Crippen MR) is 72.2 cm³/mol. The molecule has 2 aromatic rings. The van der Waals surface area contributed by atoms with E-state index >= 15 is 0 Å². The molecule has 1 aromatic carbocycles. The number of carboxylic acid groups (broad SMARTS) is 1. The van der Waals surface area contributed by atoms with Crippen molar-refractivity contribution in [1.29, 1.82) is 0 Å². The van der Waals surface area contributed by atoms with Crippen LogP contribution in [0.25, 0.3) is 10.9 Å². The van der Waals surface area contributed by atoms with E-state index in [-0.39, 0.29) is 0 Å². The van der Waals surface area contributed by atoms with E-state index in [1.165, 1.54) is 0 Å². The van der Waals surface area contributed by atoms with E-state index in [4.69, 9.17) is 4.74 Å². The Hall–Kier alpha value is -1.81. The van der Waals surface area contributed by atoms with Crippen LogP contribution in [0.4, 0.5) is 0 Å². The number of rotatable bonds is 4. The highest BCUT2D eigenvalue weighted by atomic mass is 16.5. The molecule has 0 spiro atoms. The van der Waals surface area contributed by atoms with Gasteiger partial charge >= 0.3 is 5.97 Å². The van der Waals surface area contributed by atoms with Crippen molar-refractivity contribution < 1.29 is 14.6 Å². The molecule has 1 atom stereocenters. The number of para-hydroxylation sites is 1. The number of aromatic amines is 1. The second-order valence-electron chi connectivity index (χ2n) is 5.49. The predicted octanol–water partition coefficient (Wildman–Crippen LogP) is 2.55. The summed E-state index contributed by atoms with van der Waals surface area (Å²) in [6.45, 7) is 3.15. The van der Waals surface area contributed by atoms with Crippen LogP contribution in [0.1, 0.15) is 18.9 Å². The number of nitrogens with one attached hydrogen (secondary N) is 1. The van der Waals surface area contributed by atoms with Crippen molar-refractivity contribution in [2.75, 3.05) is 13.2 Å². The summed E-state index contributed by atoms with van der Waals surface area (Å²) in [7, 11) is 0. The lowest BCUT2D eigenvalue weighted by atomic mass is 9.75. The van der Waals surface area contributed by atoms with Gasteiger partial charge in [0.1, 0.15) is 0 Å². The first-order chi connectivity index (χ1) is 9.11. The minimum atomic E-state index is -0.867. The van der Waals surface area contributed by atoms with E-state index < -0.39 is 11.4 Å². The normalized spacial score (nSPS) is 19.0. The summed E-state index contributed by atoms with van der Waals surface area (Å²) >= 11 is 0. The van der Waals surface area contributed by atoms with Crippen molar-refractivity contribution in [3.05, 3.63) is 36.0 Å². The maximum Gasteiger partial charge on any atom is 0.313 e. The van der Waals surface area contributed by atoms with E-state index in [0.29, 0.717) is 25.6 Å². The number of aromatic nitrogens is 1. The minimum Gasteiger partial charge on any atom is -0.481 e. The molecule has 0 saturated carbocycles. The molecule has 1 aliphatic heterocycles. The topological polar surface area (TPSA) is 62.3 Å². The van der Waals surface area contributed by atoms with Crippen molar-refractivity contribution in [3.63, 3.8) is 0 Å². The van der Waals surface area contributed by atoms with Crippen LogP contribution >= 0.6 is 0 Å². The van der Waals surface area contributed by atoms with E-state index in [1.807, 2.05) is 37.4 Å². The number of hydrogen-bond acceptors (Lipinski definition) is 2. The Balaban J connectivity index is 2.05. The third-order valence-electron chi connectivity index (χ3n) is 4.06. The zero-order chi connectivity index (χ0) is 13.5. The van der Waals surface area contributed by atoms with Crippen LogP contribution in [-0.4, -0.2) is 29.3 Å². The highest BCUT2D eigenvalue weighted by Crippen LogP contribution is 2.37. The average molecular weight is 259 g/mol. The molecule has 0 bridgehead atoms. The van der Waals surface area contributed by atoms with Crippen LogP contribution in [0, 0.1) is 5.92 Å². The van der Waals surface area contributed by atoms with E-state index in [0.717, 1.165) is 16.5 Å². The van der Waals surface area contributed by atoms with Gasteiger partial charge in [-0.05, 0) is 25.0 Å². The first-order valence-corrected chi connectivity index (χ1v) is 6.49. The van der Waals surface area contributed by atoms with Crippen molar-refractivity contribution in [2.45, 2.75) is 18.8 Å². The van der Waals surface area contributed by atoms with Crippen molar-refractivity contribution >= 4 is 16.9 Å². The van der Waals surface area contributed by atoms with Crippen LogP contribution in [0.3, 0.4) is 0 Å². The summed E-state index contributed by atoms with van der Waals surface area (Å²) in [5.74, 6) is -0.432. The lowest BCUT2D eigenvalue weighted by Crippen LogP contribution is -2.40. The Labute approximate surface area is 111 Å². The molecule has 1 aromatic heterocycles. The van der Waals surface area contributed by atoms with Gasteiger partial charge < -0.3 is 14.8 Å². The molecule has 3 rings (SSSR count). The molecule has 0 aliphatic carbocycles. The van der Waals surface area contributed by atoms with Gasteiger partial charge in [0.15, 0.2) is 0 Å². The number of fused-ring (bicyclic) bond motifs is 1. The molecule has 0 amide bonds. The fraction of sp³-hybridized carbons (Fsp3) is 0.400. The number of carboxylic acids is 1. The smallest absolute Gasteiger partial charge is 0.313 e. The van der Waals surface area contributed by atoms with E-state index in [1.54, 1.807) is 0 Å². The molecule has 1 fully saturated rings. The van der Waals surface area contributed by atoms with Crippen LogP contribution in [0.2, 0.25) is 0 Å². The number of aliphatic carboxylic acids is 1. The van der Waals surface area contributed by atoms with Gasteiger partial charge in [-0.25, -0.2) is 0 Å². The van der Waals surface area contributed by atoms with Crippen molar-refractivity contribution in [2.24, 2.45) is 5.92 Å². The van der Waals surface area contributed by atoms with Gasteiger partial charge in [-0.3, -0.25) is 4.79 Å². The van der Waals surface area contributed by atoms with E-state index in [9.17, 15) is 9.90 Å². The molecule has 2 N–H and O–H groups in total. The summed E-state index contributed by atoms with van der Waals surface area (Å²) in [6, 6.07) is 7.82. The Morgan fingerprint density at radius 2 is 2.21 bits per heavy atom. The lowest BCUT2D eigenvalue weighted by molar-refractivity contribution is -0.145. The molecule has 1 saturated heterocycles. The minimum absolute atomic E-state index is 0.342. The second-order valence-corrected chi connectivity index (χ2v) is 5.49. The standard InChI is InChI=1S/C15H17NO3/c1-15(14(17)18,6-10-8-19-9-10)12-7-16-13-5-3-2-4-11(12)13/h2-5,7,10,16H,6,8-9H2,1H3,(H,17,18). The van der Waals surface area contributed by atoms with Crippen molar-refractivity contribution in [1.82, 2.24) is 4.98 Å². The van der Waals surface area contributed by atoms with Crippen LogP contribution in [-0.2, 0) is 14.9 Å². The Bertz CT molecular complexity index is 615. The van der Waals surface area contributed by atoms with Gasteiger partial charge in [0.25, 0.3) is 0 Å². The third kappa shape index (κ3) is 1.92. The molecule has 4 nitrogen and oxygen atoms in total. The Morgan fingerprint density at radius 1 is 1.47 bits per heavy atom. The number of carbonyl (C=O) groups is 1. The molecule has 4 heteroatoms. The van der Waals surface area contributed by atoms with Gasteiger partial charge in [-0.1, -0.05) is 18.2 Å². The number of H-pyrrole nitrogens is 1.